The van der Waals surface area contributed by atoms with E-state index in [-0.39, 0.29) is 5.91 Å². The van der Waals surface area contributed by atoms with Crippen molar-refractivity contribution in [3.8, 4) is 22.7 Å². The van der Waals surface area contributed by atoms with Crippen molar-refractivity contribution in [1.82, 2.24) is 9.78 Å². The van der Waals surface area contributed by atoms with Gasteiger partial charge in [0, 0.05) is 30.5 Å². The summed E-state index contributed by atoms with van der Waals surface area (Å²) in [6, 6.07) is 21.6. The number of rotatable bonds is 6. The van der Waals surface area contributed by atoms with E-state index in [0.29, 0.717) is 54.7 Å². The molecule has 0 saturated carbocycles. The quantitative estimate of drug-likeness (QED) is 0.438. The lowest BCUT2D eigenvalue weighted by Gasteiger charge is -2.29. The van der Waals surface area contributed by atoms with Gasteiger partial charge < -0.3 is 19.7 Å². The molecule has 178 valence electrons. The number of aromatic nitrogens is 2. The van der Waals surface area contributed by atoms with Gasteiger partial charge in [-0.1, -0.05) is 30.3 Å². The van der Waals surface area contributed by atoms with Crippen molar-refractivity contribution in [3.63, 3.8) is 0 Å². The number of carbonyl (C=O) groups excluding carboxylic acids is 1. The highest BCUT2D eigenvalue weighted by atomic mass is 19.1. The van der Waals surface area contributed by atoms with Gasteiger partial charge >= 0.3 is 0 Å². The highest BCUT2D eigenvalue weighted by Crippen LogP contribution is 2.29. The number of ether oxygens (including phenoxy) is 2. The Bertz CT molecular complexity index is 1330. The summed E-state index contributed by atoms with van der Waals surface area (Å²) < 4.78 is 27.2. The molecule has 1 aliphatic heterocycles. The number of anilines is 2. The molecular weight excluding hydrogens is 447 g/mol. The second kappa shape index (κ2) is 9.99. The third-order valence-corrected chi connectivity index (χ3v) is 5.88. The molecule has 0 bridgehead atoms. The molecule has 1 fully saturated rings. The number of methoxy groups -OCH3 is 1. The highest BCUT2D eigenvalue weighted by Gasteiger charge is 2.21. The van der Waals surface area contributed by atoms with Gasteiger partial charge in [-0.05, 0) is 42.5 Å². The number of nitrogens with one attached hydrogen (secondary N) is 1. The van der Waals surface area contributed by atoms with Gasteiger partial charge in [0.15, 0.2) is 0 Å². The molecule has 4 aromatic rings. The van der Waals surface area contributed by atoms with Gasteiger partial charge in [0.05, 0.1) is 37.3 Å². The Labute approximate surface area is 202 Å². The number of halogens is 1. The first-order valence-corrected chi connectivity index (χ1v) is 11.4. The average molecular weight is 473 g/mol. The maximum atomic E-state index is 14.9. The molecular formula is C27H25FN4O3. The van der Waals surface area contributed by atoms with Crippen LogP contribution in [0.2, 0.25) is 0 Å². The number of benzene rings is 3. The van der Waals surface area contributed by atoms with E-state index < -0.39 is 5.82 Å². The zero-order valence-corrected chi connectivity index (χ0v) is 19.3. The van der Waals surface area contributed by atoms with E-state index >= 15 is 0 Å². The third kappa shape index (κ3) is 4.88. The number of para-hydroxylation sites is 1. The van der Waals surface area contributed by atoms with Crippen LogP contribution in [-0.4, -0.2) is 49.1 Å². The Morgan fingerprint density at radius 3 is 2.57 bits per heavy atom. The smallest absolute Gasteiger partial charge is 0.259 e. The summed E-state index contributed by atoms with van der Waals surface area (Å²) in [7, 11) is 1.59. The molecule has 1 amide bonds. The van der Waals surface area contributed by atoms with Crippen molar-refractivity contribution in [3.05, 3.63) is 90.4 Å². The number of carbonyl (C=O) groups is 1. The second-order valence-corrected chi connectivity index (χ2v) is 8.12. The van der Waals surface area contributed by atoms with Crippen molar-refractivity contribution in [2.45, 2.75) is 0 Å². The van der Waals surface area contributed by atoms with E-state index in [0.717, 1.165) is 11.3 Å². The molecule has 1 saturated heterocycles. The Morgan fingerprint density at radius 1 is 1.03 bits per heavy atom. The van der Waals surface area contributed by atoms with E-state index in [4.69, 9.17) is 9.47 Å². The number of hydrogen-bond donors (Lipinski definition) is 1. The van der Waals surface area contributed by atoms with E-state index in [1.165, 1.54) is 6.07 Å². The van der Waals surface area contributed by atoms with Crippen molar-refractivity contribution >= 4 is 17.3 Å². The Morgan fingerprint density at radius 2 is 1.83 bits per heavy atom. The Balaban J connectivity index is 1.46. The van der Waals surface area contributed by atoms with E-state index in [1.807, 2.05) is 59.5 Å². The number of hydrogen-bond acceptors (Lipinski definition) is 5. The summed E-state index contributed by atoms with van der Waals surface area (Å²) in [6.45, 7) is 2.39. The molecule has 0 unspecified atom stereocenters. The molecule has 8 heteroatoms. The predicted molar refractivity (Wildman–Crippen MR) is 133 cm³/mol. The lowest BCUT2D eigenvalue weighted by molar-refractivity contribution is 0.102. The van der Waals surface area contributed by atoms with Crippen LogP contribution in [0.3, 0.4) is 0 Å². The largest absolute Gasteiger partial charge is 0.497 e. The summed E-state index contributed by atoms with van der Waals surface area (Å²) in [5, 5.41) is 7.52. The molecule has 1 aromatic heterocycles. The minimum absolute atomic E-state index is 0.361. The average Bonchev–Trinajstić information content (AvgIpc) is 3.36. The minimum Gasteiger partial charge on any atom is -0.497 e. The van der Waals surface area contributed by atoms with Crippen LogP contribution in [0.5, 0.6) is 5.75 Å². The lowest BCUT2D eigenvalue weighted by atomic mass is 10.1. The minimum atomic E-state index is -0.391. The first kappa shape index (κ1) is 22.6. The van der Waals surface area contributed by atoms with E-state index in [1.54, 1.807) is 30.1 Å². The molecule has 0 spiro atoms. The topological polar surface area (TPSA) is 68.6 Å². The lowest BCUT2D eigenvalue weighted by Crippen LogP contribution is -2.36. The van der Waals surface area contributed by atoms with Gasteiger partial charge in [-0.2, -0.15) is 5.10 Å². The molecule has 0 aliphatic carbocycles. The first-order chi connectivity index (χ1) is 17.1. The van der Waals surface area contributed by atoms with Crippen LogP contribution in [-0.2, 0) is 4.74 Å². The van der Waals surface area contributed by atoms with Crippen molar-refractivity contribution in [2.24, 2.45) is 0 Å². The van der Waals surface area contributed by atoms with Crippen LogP contribution in [0.4, 0.5) is 15.8 Å². The monoisotopic (exact) mass is 472 g/mol. The number of nitrogens with zero attached hydrogens (tertiary/aromatic N) is 3. The Kier molecular flexibility index (Phi) is 6.45. The summed E-state index contributed by atoms with van der Waals surface area (Å²) in [6.07, 6.45) is 1.68. The maximum Gasteiger partial charge on any atom is 0.259 e. The standard InChI is InChI=1S/C27H25FN4O3/c1-34-22-9-5-6-19(16-22)26-23(18-32(30-26)21-7-3-2-4-8-21)27(33)29-20-10-11-25(24(28)17-20)31-12-14-35-15-13-31/h2-11,16-18H,12-15H2,1H3,(H,29,33). The first-order valence-electron chi connectivity index (χ1n) is 11.4. The van der Waals surface area contributed by atoms with Crippen LogP contribution in [0.1, 0.15) is 10.4 Å². The van der Waals surface area contributed by atoms with Gasteiger partial charge in [0.1, 0.15) is 17.3 Å². The van der Waals surface area contributed by atoms with Crippen LogP contribution >= 0.6 is 0 Å². The van der Waals surface area contributed by atoms with Crippen LogP contribution in [0.15, 0.2) is 79.0 Å². The summed E-state index contributed by atoms with van der Waals surface area (Å²) in [5.74, 6) is -0.120. The SMILES string of the molecule is COc1cccc(-c2nn(-c3ccccc3)cc2C(=O)Nc2ccc(N3CCOCC3)c(F)c2)c1. The van der Waals surface area contributed by atoms with E-state index in [9.17, 15) is 9.18 Å². The number of morpholine rings is 1. The molecule has 7 nitrogen and oxygen atoms in total. The molecule has 1 aliphatic rings. The Hall–Kier alpha value is -4.17. The van der Waals surface area contributed by atoms with Gasteiger partial charge in [-0.15, -0.1) is 0 Å². The predicted octanol–water partition coefficient (Wildman–Crippen LogP) is 4.78. The highest BCUT2D eigenvalue weighted by molar-refractivity contribution is 6.08. The number of amides is 1. The summed E-state index contributed by atoms with van der Waals surface area (Å²) >= 11 is 0. The normalized spacial score (nSPS) is 13.5. The molecule has 2 heterocycles. The van der Waals surface area contributed by atoms with Crippen LogP contribution in [0, 0.1) is 5.82 Å². The van der Waals surface area contributed by atoms with Crippen molar-refractivity contribution < 1.29 is 18.7 Å². The van der Waals surface area contributed by atoms with Crippen molar-refractivity contribution in [2.75, 3.05) is 43.6 Å². The molecule has 0 radical (unpaired) electrons. The van der Waals surface area contributed by atoms with Crippen LogP contribution < -0.4 is 15.0 Å². The maximum absolute atomic E-state index is 14.9. The second-order valence-electron chi connectivity index (χ2n) is 8.12. The summed E-state index contributed by atoms with van der Waals surface area (Å²) in [5.41, 5.74) is 3.28. The fourth-order valence-electron chi connectivity index (χ4n) is 4.08. The molecule has 1 N–H and O–H groups in total. The fourth-order valence-corrected chi connectivity index (χ4v) is 4.08. The molecule has 0 atom stereocenters. The fraction of sp³-hybridized carbons (Fsp3) is 0.185. The van der Waals surface area contributed by atoms with Crippen molar-refractivity contribution in [1.29, 1.82) is 0 Å². The summed E-state index contributed by atoms with van der Waals surface area (Å²) in [4.78, 5) is 15.3. The zero-order chi connectivity index (χ0) is 24.2. The third-order valence-electron chi connectivity index (χ3n) is 5.88. The molecule has 5 rings (SSSR count). The molecule has 3 aromatic carbocycles. The van der Waals surface area contributed by atoms with Crippen LogP contribution in [0.25, 0.3) is 16.9 Å². The molecule has 35 heavy (non-hydrogen) atoms. The zero-order valence-electron chi connectivity index (χ0n) is 19.3. The van der Waals surface area contributed by atoms with E-state index in [2.05, 4.69) is 10.4 Å². The van der Waals surface area contributed by atoms with Gasteiger partial charge in [-0.25, -0.2) is 9.07 Å². The van der Waals surface area contributed by atoms with Gasteiger partial charge in [0.2, 0.25) is 0 Å². The van der Waals surface area contributed by atoms with Gasteiger partial charge in [0.25, 0.3) is 5.91 Å². The van der Waals surface area contributed by atoms with Gasteiger partial charge in [-0.3, -0.25) is 4.79 Å².